The molecule has 240 valence electrons. The van der Waals surface area contributed by atoms with Crippen molar-refractivity contribution in [1.29, 1.82) is 5.26 Å². The molecule has 6 rings (SSSR count). The van der Waals surface area contributed by atoms with Crippen LogP contribution in [0.4, 0.5) is 16.3 Å². The molecule has 0 bridgehead atoms. The average Bonchev–Trinajstić information content (AvgIpc) is 3.72. The first-order valence-corrected chi connectivity index (χ1v) is 15.1. The van der Waals surface area contributed by atoms with E-state index in [2.05, 4.69) is 25.6 Å². The number of pyridine rings is 1. The number of aliphatic hydroxyl groups is 1. The molecular weight excluding hydrogens is 600 g/mol. The maximum absolute atomic E-state index is 13.8. The third-order valence-corrected chi connectivity index (χ3v) is 7.76. The molecule has 2 amide bonds. The minimum atomic E-state index is -0.855. The van der Waals surface area contributed by atoms with Crippen molar-refractivity contribution in [3.63, 3.8) is 0 Å². The lowest BCUT2D eigenvalue weighted by molar-refractivity contribution is -0.128. The molecule has 0 saturated carbocycles. The summed E-state index contributed by atoms with van der Waals surface area (Å²) in [7, 11) is 0. The number of carbonyl (C=O) groups is 2. The zero-order valence-corrected chi connectivity index (χ0v) is 26.9. The van der Waals surface area contributed by atoms with Crippen molar-refractivity contribution in [1.82, 2.24) is 39.4 Å². The predicted molar refractivity (Wildman–Crippen MR) is 171 cm³/mol. The molecule has 5 heterocycles. The van der Waals surface area contributed by atoms with Gasteiger partial charge in [0.25, 0.3) is 0 Å². The Hall–Kier alpha value is -5.68. The Labute approximate surface area is 270 Å². The number of rotatable bonds is 6. The Morgan fingerprint density at radius 1 is 1.15 bits per heavy atom. The van der Waals surface area contributed by atoms with Gasteiger partial charge in [0.15, 0.2) is 17.3 Å². The maximum Gasteiger partial charge on any atom is 0.417 e. The van der Waals surface area contributed by atoms with E-state index >= 15 is 0 Å². The number of anilines is 2. The highest BCUT2D eigenvalue weighted by Crippen LogP contribution is 2.38. The largest absolute Gasteiger partial charge is 0.443 e. The molecule has 2 atom stereocenters. The van der Waals surface area contributed by atoms with Gasteiger partial charge in [-0.2, -0.15) is 15.5 Å². The Balaban J connectivity index is 1.47. The van der Waals surface area contributed by atoms with Crippen LogP contribution in [0, 0.1) is 25.2 Å². The van der Waals surface area contributed by atoms with Gasteiger partial charge in [-0.15, -0.1) is 5.10 Å². The van der Waals surface area contributed by atoms with E-state index in [1.807, 2.05) is 31.2 Å². The van der Waals surface area contributed by atoms with Gasteiger partial charge in [0.1, 0.15) is 23.8 Å². The second kappa shape index (κ2) is 11.9. The van der Waals surface area contributed by atoms with Crippen molar-refractivity contribution in [2.45, 2.75) is 65.6 Å². The number of benzene rings is 1. The number of ether oxygens (including phenoxy) is 1. The van der Waals surface area contributed by atoms with Crippen molar-refractivity contribution >= 4 is 34.5 Å². The first-order valence-electron chi connectivity index (χ1n) is 15.1. The van der Waals surface area contributed by atoms with Gasteiger partial charge in [-0.3, -0.25) is 9.36 Å². The summed E-state index contributed by atoms with van der Waals surface area (Å²) >= 11 is 0. The third kappa shape index (κ3) is 6.12. The van der Waals surface area contributed by atoms with Crippen LogP contribution in [0.1, 0.15) is 74.3 Å². The smallest absolute Gasteiger partial charge is 0.417 e. The Morgan fingerprint density at radius 3 is 2.60 bits per heavy atom. The third-order valence-electron chi connectivity index (χ3n) is 7.76. The molecule has 1 fully saturated rings. The maximum atomic E-state index is 13.8. The number of carbonyl (C=O) groups excluding carboxylic acids is 2. The molecule has 1 aromatic carbocycles. The summed E-state index contributed by atoms with van der Waals surface area (Å²) in [5.41, 5.74) is 3.93. The normalized spacial score (nSPS) is 15.6. The molecule has 2 N–H and O–H groups in total. The number of aryl methyl sites for hydroxylation is 2. The zero-order chi connectivity index (χ0) is 33.6. The SMILES string of the molecule is Cc1ccc(Nc2cc3ncn(-c4ccc(C(C)O)c(-n5nc(C#N)cc5C)n4)c3cc2C2CCN(C(=O)OC(C)(C)C)C2=O)nn1. The fourth-order valence-electron chi connectivity index (χ4n) is 5.54. The second-order valence-electron chi connectivity index (χ2n) is 12.5. The molecule has 47 heavy (non-hydrogen) atoms. The van der Waals surface area contributed by atoms with Crippen LogP contribution in [-0.2, 0) is 9.53 Å². The van der Waals surface area contributed by atoms with E-state index in [1.165, 1.54) is 4.68 Å². The topological polar surface area (TPSA) is 177 Å². The molecule has 1 aliphatic heterocycles. The minimum absolute atomic E-state index is 0.207. The molecule has 4 aromatic heterocycles. The fourth-order valence-corrected chi connectivity index (χ4v) is 5.54. The number of likely N-dealkylation sites (tertiary alicyclic amines) is 1. The minimum Gasteiger partial charge on any atom is -0.443 e. The number of aliphatic hydroxyl groups excluding tert-OH is 1. The number of nitrogens with one attached hydrogen (secondary N) is 1. The van der Waals surface area contributed by atoms with Crippen molar-refractivity contribution in [3.05, 3.63) is 77.0 Å². The molecule has 0 radical (unpaired) electrons. The molecule has 14 nitrogen and oxygen atoms in total. The number of hydrogen-bond donors (Lipinski definition) is 2. The standard InChI is InChI=1S/C33H34N10O4/c1-18-7-9-28(39-38-18)36-25-15-26-27(14-24(25)23-11-12-41(31(23)45)32(46)47-33(4,5)6)42(17-35-26)29-10-8-22(20(3)44)30(37-29)43-19(2)13-21(16-34)40-43/h7-10,13-15,17,20,23,44H,11-12H2,1-6H3,(H,36,39). The van der Waals surface area contributed by atoms with E-state index < -0.39 is 23.7 Å². The molecule has 5 aromatic rings. The van der Waals surface area contributed by atoms with Crippen molar-refractivity contribution in [2.24, 2.45) is 0 Å². The highest BCUT2D eigenvalue weighted by atomic mass is 16.6. The zero-order valence-electron chi connectivity index (χ0n) is 26.9. The first kappa shape index (κ1) is 31.3. The highest BCUT2D eigenvalue weighted by molar-refractivity contribution is 5.99. The Bertz CT molecular complexity index is 2050. The summed E-state index contributed by atoms with van der Waals surface area (Å²) in [5.74, 6) is 0.301. The predicted octanol–water partition coefficient (Wildman–Crippen LogP) is 4.93. The molecule has 1 saturated heterocycles. The van der Waals surface area contributed by atoms with Crippen LogP contribution < -0.4 is 5.32 Å². The summed E-state index contributed by atoms with van der Waals surface area (Å²) < 4.78 is 8.81. The van der Waals surface area contributed by atoms with Crippen molar-refractivity contribution < 1.29 is 19.4 Å². The summed E-state index contributed by atoms with van der Waals surface area (Å²) in [4.78, 5) is 37.3. The lowest BCUT2D eigenvalue weighted by atomic mass is 9.95. The quantitative estimate of drug-likeness (QED) is 0.259. The van der Waals surface area contributed by atoms with E-state index in [-0.39, 0.29) is 18.1 Å². The molecule has 0 aliphatic carbocycles. The van der Waals surface area contributed by atoms with Gasteiger partial charge in [0.2, 0.25) is 5.91 Å². The number of amides is 2. The molecule has 0 spiro atoms. The van der Waals surface area contributed by atoms with Crippen molar-refractivity contribution in [2.75, 3.05) is 11.9 Å². The molecule has 1 aliphatic rings. The number of nitriles is 1. The summed E-state index contributed by atoms with van der Waals surface area (Å²) in [6.07, 6.45) is 0.472. The molecular formula is C33H34N10O4. The van der Waals surface area contributed by atoms with E-state index in [0.717, 1.165) is 10.6 Å². The van der Waals surface area contributed by atoms with Crippen LogP contribution in [0.25, 0.3) is 22.7 Å². The van der Waals surface area contributed by atoms with Crippen LogP contribution in [0.3, 0.4) is 0 Å². The average molecular weight is 635 g/mol. The van der Waals surface area contributed by atoms with Crippen LogP contribution in [0.15, 0.2) is 48.8 Å². The lowest BCUT2D eigenvalue weighted by Gasteiger charge is -2.23. The monoisotopic (exact) mass is 634 g/mol. The second-order valence-corrected chi connectivity index (χ2v) is 12.5. The van der Waals surface area contributed by atoms with Gasteiger partial charge in [-0.05, 0) is 96.0 Å². The summed E-state index contributed by atoms with van der Waals surface area (Å²) in [6.45, 7) is 10.8. The van der Waals surface area contributed by atoms with Gasteiger partial charge >= 0.3 is 6.09 Å². The summed E-state index contributed by atoms with van der Waals surface area (Å²) in [6, 6.07) is 14.5. The van der Waals surface area contributed by atoms with Gasteiger partial charge < -0.3 is 15.2 Å². The van der Waals surface area contributed by atoms with E-state index in [9.17, 15) is 20.0 Å². The summed E-state index contributed by atoms with van der Waals surface area (Å²) in [5, 5.41) is 36.0. The Morgan fingerprint density at radius 2 is 1.94 bits per heavy atom. The highest BCUT2D eigenvalue weighted by Gasteiger charge is 2.40. The number of hydrogen-bond acceptors (Lipinski definition) is 11. The van der Waals surface area contributed by atoms with Gasteiger partial charge in [0.05, 0.1) is 28.7 Å². The molecule has 14 heteroatoms. The van der Waals surface area contributed by atoms with E-state index in [1.54, 1.807) is 69.8 Å². The van der Waals surface area contributed by atoms with Gasteiger partial charge in [-0.1, -0.05) is 0 Å². The number of nitrogens with zero attached hydrogens (tertiary/aromatic N) is 9. The van der Waals surface area contributed by atoms with E-state index in [4.69, 9.17) is 9.72 Å². The first-order chi connectivity index (χ1) is 22.3. The number of imidazole rings is 1. The fraction of sp³-hybridized carbons (Fsp3) is 0.333. The van der Waals surface area contributed by atoms with Crippen LogP contribution >= 0.6 is 0 Å². The van der Waals surface area contributed by atoms with E-state index in [0.29, 0.717) is 57.4 Å². The lowest BCUT2D eigenvalue weighted by Crippen LogP contribution is -2.38. The Kier molecular flexibility index (Phi) is 7.94. The van der Waals surface area contributed by atoms with Crippen LogP contribution in [-0.4, -0.2) is 68.7 Å². The number of imide groups is 1. The van der Waals surface area contributed by atoms with Crippen LogP contribution in [0.5, 0.6) is 0 Å². The number of fused-ring (bicyclic) bond motifs is 1. The van der Waals surface area contributed by atoms with Gasteiger partial charge in [0, 0.05) is 23.5 Å². The molecule has 2 unspecified atom stereocenters. The van der Waals surface area contributed by atoms with Gasteiger partial charge in [-0.25, -0.2) is 24.3 Å². The van der Waals surface area contributed by atoms with Crippen molar-refractivity contribution in [3.8, 4) is 17.7 Å². The number of aromatic nitrogens is 7. The van der Waals surface area contributed by atoms with Crippen LogP contribution in [0.2, 0.25) is 0 Å².